The number of methoxy groups -OCH3 is 1. The number of aldehydes is 1. The van der Waals surface area contributed by atoms with Gasteiger partial charge in [0, 0.05) is 12.8 Å². The van der Waals surface area contributed by atoms with Crippen LogP contribution in [-0.2, 0) is 30.4 Å². The smallest absolute Gasteiger partial charge is 0.305 e. The minimum Gasteiger partial charge on any atom is -0.469 e. The molecular formula is C15H20O5. The van der Waals surface area contributed by atoms with Crippen molar-refractivity contribution in [3.05, 3.63) is 35.9 Å². The van der Waals surface area contributed by atoms with Crippen LogP contribution in [0.4, 0.5) is 0 Å². The van der Waals surface area contributed by atoms with Gasteiger partial charge in [-0.1, -0.05) is 30.3 Å². The number of rotatable bonds is 10. The van der Waals surface area contributed by atoms with E-state index in [2.05, 4.69) is 4.74 Å². The highest BCUT2D eigenvalue weighted by atomic mass is 16.7. The van der Waals surface area contributed by atoms with Crippen molar-refractivity contribution >= 4 is 12.3 Å². The Morgan fingerprint density at radius 1 is 1.30 bits per heavy atom. The lowest BCUT2D eigenvalue weighted by atomic mass is 10.1. The van der Waals surface area contributed by atoms with Crippen molar-refractivity contribution in [3.63, 3.8) is 0 Å². The molecule has 0 spiro atoms. The molecule has 0 aliphatic rings. The molecule has 1 rings (SSSR count). The zero-order chi connectivity index (χ0) is 14.6. The fourth-order valence-electron chi connectivity index (χ4n) is 1.64. The molecule has 0 aliphatic heterocycles. The van der Waals surface area contributed by atoms with E-state index in [4.69, 9.17) is 9.47 Å². The van der Waals surface area contributed by atoms with Crippen LogP contribution in [0.15, 0.2) is 30.3 Å². The topological polar surface area (TPSA) is 61.8 Å². The number of ether oxygens (including phenoxy) is 3. The summed E-state index contributed by atoms with van der Waals surface area (Å²) in [4.78, 5) is 21.6. The molecule has 0 amide bonds. The predicted molar refractivity (Wildman–Crippen MR) is 72.9 cm³/mol. The van der Waals surface area contributed by atoms with E-state index in [1.807, 2.05) is 30.3 Å². The average molecular weight is 280 g/mol. The highest BCUT2D eigenvalue weighted by Crippen LogP contribution is 2.08. The molecule has 1 atom stereocenters. The molecule has 0 aliphatic carbocycles. The Kier molecular flexibility index (Phi) is 8.26. The van der Waals surface area contributed by atoms with Crippen molar-refractivity contribution in [2.24, 2.45) is 0 Å². The summed E-state index contributed by atoms with van der Waals surface area (Å²) in [5.41, 5.74) is 1.05. The summed E-state index contributed by atoms with van der Waals surface area (Å²) in [5.74, 6) is -0.310. The first kappa shape index (κ1) is 16.3. The van der Waals surface area contributed by atoms with Gasteiger partial charge in [0.2, 0.25) is 0 Å². The van der Waals surface area contributed by atoms with E-state index < -0.39 is 0 Å². The Hall–Kier alpha value is -1.72. The molecule has 5 heteroatoms. The number of benzene rings is 1. The van der Waals surface area contributed by atoms with E-state index in [-0.39, 0.29) is 31.7 Å². The van der Waals surface area contributed by atoms with E-state index in [9.17, 15) is 9.59 Å². The predicted octanol–water partition coefficient (Wildman–Crippen LogP) is 2.09. The zero-order valence-electron chi connectivity index (χ0n) is 11.6. The summed E-state index contributed by atoms with van der Waals surface area (Å²) in [6, 6.07) is 9.73. The first-order chi connectivity index (χ1) is 9.76. The molecule has 0 radical (unpaired) electrons. The van der Waals surface area contributed by atoms with Crippen molar-refractivity contribution < 1.29 is 23.8 Å². The second-order valence-corrected chi connectivity index (χ2v) is 4.26. The molecule has 20 heavy (non-hydrogen) atoms. The van der Waals surface area contributed by atoms with Crippen molar-refractivity contribution in [1.29, 1.82) is 0 Å². The van der Waals surface area contributed by atoms with E-state index in [1.165, 1.54) is 7.11 Å². The van der Waals surface area contributed by atoms with Crippen LogP contribution in [0, 0.1) is 0 Å². The number of carbonyl (C=O) groups excluding carboxylic acids is 2. The number of hydrogen-bond donors (Lipinski definition) is 0. The summed E-state index contributed by atoms with van der Waals surface area (Å²) in [5, 5.41) is 0. The minimum absolute atomic E-state index is 0.0918. The highest BCUT2D eigenvalue weighted by molar-refractivity contribution is 5.69. The molecular weight excluding hydrogens is 260 g/mol. The van der Waals surface area contributed by atoms with Crippen LogP contribution in [0.3, 0.4) is 0 Å². The quantitative estimate of drug-likeness (QED) is 0.284. The van der Waals surface area contributed by atoms with Gasteiger partial charge in [-0.15, -0.1) is 0 Å². The standard InChI is InChI=1S/C15H20O5/c1-18-15(17)8-7-14(9-10-16)20-12-19-11-13-5-3-2-4-6-13/h2-6,10,14H,7-9,11-12H2,1H3/t14-/m0/s1. The van der Waals surface area contributed by atoms with Gasteiger partial charge in [0.15, 0.2) is 0 Å². The monoisotopic (exact) mass is 280 g/mol. The maximum absolute atomic E-state index is 11.0. The third-order valence-electron chi connectivity index (χ3n) is 2.76. The Morgan fingerprint density at radius 2 is 2.05 bits per heavy atom. The fraction of sp³-hybridized carbons (Fsp3) is 0.467. The molecule has 0 fully saturated rings. The van der Waals surface area contributed by atoms with Gasteiger partial charge in [-0.3, -0.25) is 4.79 Å². The molecule has 1 aromatic rings. The SMILES string of the molecule is COC(=O)CC[C@@H](CC=O)OCOCc1ccccc1. The summed E-state index contributed by atoms with van der Waals surface area (Å²) < 4.78 is 15.4. The first-order valence-electron chi connectivity index (χ1n) is 6.50. The lowest BCUT2D eigenvalue weighted by Gasteiger charge is -2.15. The second-order valence-electron chi connectivity index (χ2n) is 4.26. The van der Waals surface area contributed by atoms with Crippen molar-refractivity contribution in [2.45, 2.75) is 32.0 Å². The van der Waals surface area contributed by atoms with Gasteiger partial charge >= 0.3 is 5.97 Å². The molecule has 0 bridgehead atoms. The van der Waals surface area contributed by atoms with Gasteiger partial charge in [0.1, 0.15) is 13.1 Å². The highest BCUT2D eigenvalue weighted by Gasteiger charge is 2.11. The Morgan fingerprint density at radius 3 is 2.70 bits per heavy atom. The fourth-order valence-corrected chi connectivity index (χ4v) is 1.64. The Bertz CT molecular complexity index is 391. The van der Waals surface area contributed by atoms with Gasteiger partial charge in [-0.2, -0.15) is 0 Å². The van der Waals surface area contributed by atoms with Crippen LogP contribution in [0.2, 0.25) is 0 Å². The second kappa shape index (κ2) is 10.1. The number of esters is 1. The molecule has 0 unspecified atom stereocenters. The van der Waals surface area contributed by atoms with Gasteiger partial charge in [0.05, 0.1) is 19.8 Å². The molecule has 0 aromatic heterocycles. The lowest BCUT2D eigenvalue weighted by molar-refractivity contribution is -0.143. The van der Waals surface area contributed by atoms with E-state index in [0.29, 0.717) is 13.0 Å². The molecule has 1 aromatic carbocycles. The van der Waals surface area contributed by atoms with Crippen LogP contribution >= 0.6 is 0 Å². The van der Waals surface area contributed by atoms with Gasteiger partial charge in [0.25, 0.3) is 0 Å². The van der Waals surface area contributed by atoms with Crippen LogP contribution in [0.5, 0.6) is 0 Å². The number of carbonyl (C=O) groups is 2. The maximum Gasteiger partial charge on any atom is 0.305 e. The van der Waals surface area contributed by atoms with Crippen LogP contribution in [-0.4, -0.2) is 32.3 Å². The largest absolute Gasteiger partial charge is 0.469 e. The van der Waals surface area contributed by atoms with E-state index >= 15 is 0 Å². The van der Waals surface area contributed by atoms with Gasteiger partial charge < -0.3 is 19.0 Å². The summed E-state index contributed by atoms with van der Waals surface area (Å²) in [7, 11) is 1.33. The minimum atomic E-state index is -0.317. The molecule has 0 saturated carbocycles. The third-order valence-corrected chi connectivity index (χ3v) is 2.76. The third kappa shape index (κ3) is 7.01. The first-order valence-corrected chi connectivity index (χ1v) is 6.50. The summed E-state index contributed by atoms with van der Waals surface area (Å²) >= 11 is 0. The van der Waals surface area contributed by atoms with Crippen molar-refractivity contribution in [3.8, 4) is 0 Å². The molecule has 110 valence electrons. The van der Waals surface area contributed by atoms with E-state index in [0.717, 1.165) is 11.8 Å². The molecule has 0 saturated heterocycles. The Labute approximate surface area is 118 Å². The van der Waals surface area contributed by atoms with Crippen molar-refractivity contribution in [1.82, 2.24) is 0 Å². The maximum atomic E-state index is 11.0. The normalized spacial score (nSPS) is 11.8. The zero-order valence-corrected chi connectivity index (χ0v) is 11.6. The van der Waals surface area contributed by atoms with Crippen LogP contribution < -0.4 is 0 Å². The summed E-state index contributed by atoms with van der Waals surface area (Å²) in [6.07, 6.45) is 1.38. The van der Waals surface area contributed by atoms with Gasteiger partial charge in [-0.25, -0.2) is 0 Å². The lowest BCUT2D eigenvalue weighted by Crippen LogP contribution is -2.17. The van der Waals surface area contributed by atoms with Crippen molar-refractivity contribution in [2.75, 3.05) is 13.9 Å². The average Bonchev–Trinajstić information content (AvgIpc) is 2.49. The molecule has 0 heterocycles. The number of hydrogen-bond acceptors (Lipinski definition) is 5. The van der Waals surface area contributed by atoms with Crippen LogP contribution in [0.25, 0.3) is 0 Å². The molecule has 5 nitrogen and oxygen atoms in total. The Balaban J connectivity index is 2.21. The van der Waals surface area contributed by atoms with Crippen LogP contribution in [0.1, 0.15) is 24.8 Å². The van der Waals surface area contributed by atoms with E-state index in [1.54, 1.807) is 0 Å². The van der Waals surface area contributed by atoms with Gasteiger partial charge in [-0.05, 0) is 12.0 Å². The summed E-state index contributed by atoms with van der Waals surface area (Å²) in [6.45, 7) is 0.542. The molecule has 0 N–H and O–H groups in total.